The van der Waals surface area contributed by atoms with Gasteiger partial charge in [-0.05, 0) is 23.6 Å². The highest BCUT2D eigenvalue weighted by molar-refractivity contribution is 5.96. The van der Waals surface area contributed by atoms with Gasteiger partial charge in [0.15, 0.2) is 0 Å². The van der Waals surface area contributed by atoms with Crippen LogP contribution in [0, 0.1) is 5.82 Å². The van der Waals surface area contributed by atoms with Gasteiger partial charge >= 0.3 is 0 Å². The van der Waals surface area contributed by atoms with E-state index in [-0.39, 0.29) is 17.6 Å². The molecule has 1 aromatic rings. The zero-order valence-corrected chi connectivity index (χ0v) is 8.25. The maximum Gasteiger partial charge on any atom is 0.227 e. The third-order valence-corrected chi connectivity index (χ3v) is 2.74. The lowest BCUT2D eigenvalue weighted by Crippen LogP contribution is -2.32. The maximum absolute atomic E-state index is 13.0. The molecule has 1 aliphatic heterocycles. The number of nitrogens with zero attached hydrogens (tertiary/aromatic N) is 1. The van der Waals surface area contributed by atoms with Crippen LogP contribution in [0.25, 0.3) is 0 Å². The number of anilines is 1. The van der Waals surface area contributed by atoms with E-state index in [1.54, 1.807) is 13.1 Å². The fourth-order valence-electron chi connectivity index (χ4n) is 1.87. The second kappa shape index (κ2) is 3.08. The van der Waals surface area contributed by atoms with E-state index in [9.17, 15) is 9.18 Å². The maximum atomic E-state index is 13.0. The van der Waals surface area contributed by atoms with Crippen LogP contribution >= 0.6 is 0 Å². The Hall–Kier alpha value is -1.38. The lowest BCUT2D eigenvalue weighted by atomic mass is 9.91. The van der Waals surface area contributed by atoms with Crippen molar-refractivity contribution in [3.8, 4) is 0 Å². The van der Waals surface area contributed by atoms with Gasteiger partial charge in [-0.25, -0.2) is 4.39 Å². The quantitative estimate of drug-likeness (QED) is 0.619. The Morgan fingerprint density at radius 3 is 2.93 bits per heavy atom. The summed E-state index contributed by atoms with van der Waals surface area (Å²) in [5, 5.41) is 0. The van der Waals surface area contributed by atoms with Crippen molar-refractivity contribution < 1.29 is 9.18 Å². The van der Waals surface area contributed by atoms with Crippen LogP contribution in [0.5, 0.6) is 0 Å². The zero-order valence-electron chi connectivity index (χ0n) is 8.25. The molecule has 0 N–H and O–H groups in total. The van der Waals surface area contributed by atoms with Crippen molar-refractivity contribution >= 4 is 11.6 Å². The fourth-order valence-corrected chi connectivity index (χ4v) is 1.87. The molecule has 14 heavy (non-hydrogen) atoms. The van der Waals surface area contributed by atoms with Gasteiger partial charge in [-0.15, -0.1) is 0 Å². The molecule has 0 bridgehead atoms. The standard InChI is InChI=1S/C11H12FNO/c1-7-5-11(14)13(2)10-6-8(12)3-4-9(7)10/h3-4,6-7H,5H2,1-2H3. The Morgan fingerprint density at radius 2 is 2.21 bits per heavy atom. The summed E-state index contributed by atoms with van der Waals surface area (Å²) in [7, 11) is 1.69. The second-order valence-electron chi connectivity index (χ2n) is 3.76. The number of rotatable bonds is 0. The summed E-state index contributed by atoms with van der Waals surface area (Å²) in [5.74, 6) is -0.0533. The van der Waals surface area contributed by atoms with E-state index in [0.29, 0.717) is 12.1 Å². The van der Waals surface area contributed by atoms with Crippen molar-refractivity contribution in [1.29, 1.82) is 0 Å². The van der Waals surface area contributed by atoms with Gasteiger partial charge in [-0.2, -0.15) is 0 Å². The van der Waals surface area contributed by atoms with Crippen LogP contribution in [-0.2, 0) is 4.79 Å². The lowest BCUT2D eigenvalue weighted by Gasteiger charge is -2.29. The normalized spacial score (nSPS) is 20.9. The lowest BCUT2D eigenvalue weighted by molar-refractivity contribution is -0.119. The van der Waals surface area contributed by atoms with Crippen LogP contribution in [0.2, 0.25) is 0 Å². The molecule has 0 radical (unpaired) electrons. The Kier molecular flexibility index (Phi) is 2.02. The number of carbonyl (C=O) groups is 1. The van der Waals surface area contributed by atoms with E-state index in [0.717, 1.165) is 5.56 Å². The topological polar surface area (TPSA) is 20.3 Å². The molecule has 1 heterocycles. The smallest absolute Gasteiger partial charge is 0.227 e. The number of hydrogen-bond donors (Lipinski definition) is 0. The Bertz CT molecular complexity index is 389. The molecule has 0 aromatic heterocycles. The first kappa shape index (κ1) is 9.19. The van der Waals surface area contributed by atoms with E-state index in [4.69, 9.17) is 0 Å². The minimum absolute atomic E-state index is 0.0515. The van der Waals surface area contributed by atoms with E-state index in [1.807, 2.05) is 6.92 Å². The van der Waals surface area contributed by atoms with Crippen LogP contribution in [0.1, 0.15) is 24.8 Å². The van der Waals surface area contributed by atoms with Gasteiger partial charge < -0.3 is 4.90 Å². The minimum Gasteiger partial charge on any atom is -0.315 e. The van der Waals surface area contributed by atoms with Gasteiger partial charge in [0.2, 0.25) is 5.91 Å². The third kappa shape index (κ3) is 1.29. The highest BCUT2D eigenvalue weighted by atomic mass is 19.1. The molecule has 1 atom stereocenters. The SMILES string of the molecule is CC1CC(=O)N(C)c2cc(F)ccc21. The van der Waals surface area contributed by atoms with Gasteiger partial charge in [0.1, 0.15) is 5.82 Å². The number of halogens is 1. The first-order chi connectivity index (χ1) is 6.59. The van der Waals surface area contributed by atoms with Gasteiger partial charge in [-0.3, -0.25) is 4.79 Å². The van der Waals surface area contributed by atoms with E-state index in [1.165, 1.54) is 17.0 Å². The second-order valence-corrected chi connectivity index (χ2v) is 3.76. The molecule has 0 saturated heterocycles. The van der Waals surface area contributed by atoms with Crippen LogP contribution in [0.4, 0.5) is 10.1 Å². The van der Waals surface area contributed by atoms with Crippen molar-refractivity contribution in [2.24, 2.45) is 0 Å². The summed E-state index contributed by atoms with van der Waals surface area (Å²) in [5.41, 5.74) is 1.75. The number of hydrogen-bond acceptors (Lipinski definition) is 1. The summed E-state index contributed by atoms with van der Waals surface area (Å²) in [6.07, 6.45) is 0.509. The molecule has 0 saturated carbocycles. The Labute approximate surface area is 82.3 Å². The minimum atomic E-state index is -0.294. The molecule has 0 fully saturated rings. The zero-order chi connectivity index (χ0) is 10.3. The van der Waals surface area contributed by atoms with Crippen molar-refractivity contribution in [3.05, 3.63) is 29.6 Å². The molecule has 1 aliphatic rings. The van der Waals surface area contributed by atoms with Crippen LogP contribution < -0.4 is 4.90 Å². The van der Waals surface area contributed by atoms with Crippen molar-refractivity contribution in [1.82, 2.24) is 0 Å². The van der Waals surface area contributed by atoms with E-state index >= 15 is 0 Å². The van der Waals surface area contributed by atoms with Crippen LogP contribution in [0.3, 0.4) is 0 Å². The van der Waals surface area contributed by atoms with E-state index < -0.39 is 0 Å². The van der Waals surface area contributed by atoms with Crippen LogP contribution in [0.15, 0.2) is 18.2 Å². The molecular weight excluding hydrogens is 181 g/mol. The highest BCUT2D eigenvalue weighted by Crippen LogP contribution is 2.34. The number of benzene rings is 1. The van der Waals surface area contributed by atoms with Crippen molar-refractivity contribution in [3.63, 3.8) is 0 Å². The van der Waals surface area contributed by atoms with E-state index in [2.05, 4.69) is 0 Å². The molecule has 0 spiro atoms. The summed E-state index contributed by atoms with van der Waals surface area (Å²) in [6.45, 7) is 1.99. The van der Waals surface area contributed by atoms with Gasteiger partial charge in [0.25, 0.3) is 0 Å². The molecule has 2 nitrogen and oxygen atoms in total. The molecule has 74 valence electrons. The van der Waals surface area contributed by atoms with Gasteiger partial charge in [-0.1, -0.05) is 13.0 Å². The van der Waals surface area contributed by atoms with Crippen LogP contribution in [-0.4, -0.2) is 13.0 Å². The Morgan fingerprint density at radius 1 is 1.50 bits per heavy atom. The molecular formula is C11H12FNO. The monoisotopic (exact) mass is 193 g/mol. The summed E-state index contributed by atoms with van der Waals surface area (Å²) in [6, 6.07) is 4.63. The molecule has 3 heteroatoms. The summed E-state index contributed by atoms with van der Waals surface area (Å²) >= 11 is 0. The fraction of sp³-hybridized carbons (Fsp3) is 0.364. The molecule has 1 unspecified atom stereocenters. The summed E-state index contributed by atoms with van der Waals surface area (Å²) in [4.78, 5) is 13.0. The highest BCUT2D eigenvalue weighted by Gasteiger charge is 2.26. The van der Waals surface area contributed by atoms with Crippen molar-refractivity contribution in [2.45, 2.75) is 19.3 Å². The predicted octanol–water partition coefficient (Wildman–Crippen LogP) is 2.30. The average molecular weight is 193 g/mol. The molecule has 1 amide bonds. The third-order valence-electron chi connectivity index (χ3n) is 2.74. The molecule has 1 aromatic carbocycles. The predicted molar refractivity (Wildman–Crippen MR) is 52.8 cm³/mol. The number of fused-ring (bicyclic) bond motifs is 1. The molecule has 2 rings (SSSR count). The summed E-state index contributed by atoms with van der Waals surface area (Å²) < 4.78 is 13.0. The first-order valence-electron chi connectivity index (χ1n) is 4.65. The van der Waals surface area contributed by atoms with Crippen molar-refractivity contribution in [2.75, 3.05) is 11.9 Å². The number of amides is 1. The Balaban J connectivity index is 2.56. The first-order valence-corrected chi connectivity index (χ1v) is 4.65. The van der Waals surface area contributed by atoms with Gasteiger partial charge in [0.05, 0.1) is 0 Å². The van der Waals surface area contributed by atoms with Gasteiger partial charge in [0, 0.05) is 19.2 Å². The number of carbonyl (C=O) groups excluding carboxylic acids is 1. The average Bonchev–Trinajstić information content (AvgIpc) is 2.14. The molecule has 0 aliphatic carbocycles. The largest absolute Gasteiger partial charge is 0.315 e.